The second-order valence-electron chi connectivity index (χ2n) is 3.39. The van der Waals surface area contributed by atoms with Crippen LogP contribution in [0.4, 0.5) is 10.2 Å². The van der Waals surface area contributed by atoms with Gasteiger partial charge in [0.25, 0.3) is 0 Å². The van der Waals surface area contributed by atoms with Crippen LogP contribution in [-0.4, -0.2) is 17.0 Å². The highest BCUT2D eigenvalue weighted by Crippen LogP contribution is 2.12. The van der Waals surface area contributed by atoms with Gasteiger partial charge in [-0.05, 0) is 24.3 Å². The molecule has 0 radical (unpaired) electrons. The van der Waals surface area contributed by atoms with Crippen LogP contribution in [0.3, 0.4) is 0 Å². The van der Waals surface area contributed by atoms with E-state index in [9.17, 15) is 4.39 Å². The summed E-state index contributed by atoms with van der Waals surface area (Å²) in [7, 11) is 1.78. The maximum atomic E-state index is 12.6. The van der Waals surface area contributed by atoms with Crippen LogP contribution in [0, 0.1) is 5.82 Å². The fraction of sp³-hybridized carbons (Fsp3) is 0.167. The molecule has 1 aromatic carbocycles. The molecule has 1 aromatic heterocycles. The number of rotatable bonds is 4. The average molecular weight is 233 g/mol. The summed E-state index contributed by atoms with van der Waals surface area (Å²) >= 11 is 0. The first-order valence-electron chi connectivity index (χ1n) is 5.15. The number of benzene rings is 1. The second-order valence-corrected chi connectivity index (χ2v) is 3.39. The van der Waals surface area contributed by atoms with Crippen LogP contribution in [0.5, 0.6) is 5.75 Å². The number of hydrogen-bond donors (Lipinski definition) is 1. The van der Waals surface area contributed by atoms with Gasteiger partial charge in [0.1, 0.15) is 24.0 Å². The zero-order valence-corrected chi connectivity index (χ0v) is 9.35. The largest absolute Gasteiger partial charge is 0.487 e. The van der Waals surface area contributed by atoms with Gasteiger partial charge in [-0.25, -0.2) is 9.37 Å². The van der Waals surface area contributed by atoms with Crippen molar-refractivity contribution >= 4 is 5.82 Å². The van der Waals surface area contributed by atoms with Crippen LogP contribution in [-0.2, 0) is 6.61 Å². The quantitative estimate of drug-likeness (QED) is 0.879. The highest BCUT2D eigenvalue weighted by Gasteiger charge is 1.99. The van der Waals surface area contributed by atoms with Crippen molar-refractivity contribution in [1.29, 1.82) is 0 Å². The van der Waals surface area contributed by atoms with Crippen LogP contribution in [0.1, 0.15) is 5.69 Å². The molecule has 0 aliphatic rings. The lowest BCUT2D eigenvalue weighted by atomic mass is 10.3. The number of aromatic nitrogens is 2. The standard InChI is InChI=1S/C12H12FN3O/c1-14-12-7-15-10(6-16-12)8-17-11-4-2-9(13)3-5-11/h2-7H,8H2,1H3,(H,14,16). The maximum Gasteiger partial charge on any atom is 0.144 e. The molecule has 88 valence electrons. The summed E-state index contributed by atoms with van der Waals surface area (Å²) in [4.78, 5) is 8.27. The molecule has 5 heteroatoms. The number of nitrogens with zero attached hydrogens (tertiary/aromatic N) is 2. The van der Waals surface area contributed by atoms with Crippen molar-refractivity contribution in [3.8, 4) is 5.75 Å². The average Bonchev–Trinajstić information content (AvgIpc) is 2.39. The van der Waals surface area contributed by atoms with Gasteiger partial charge in [-0.2, -0.15) is 0 Å². The number of nitrogens with one attached hydrogen (secondary N) is 1. The molecule has 1 N–H and O–H groups in total. The third-order valence-electron chi connectivity index (χ3n) is 2.16. The van der Waals surface area contributed by atoms with E-state index in [1.165, 1.54) is 12.1 Å². The van der Waals surface area contributed by atoms with Crippen LogP contribution in [0.15, 0.2) is 36.7 Å². The van der Waals surface area contributed by atoms with Crippen LogP contribution in [0.25, 0.3) is 0 Å². The van der Waals surface area contributed by atoms with E-state index in [1.807, 2.05) is 0 Å². The number of ether oxygens (including phenoxy) is 1. The highest BCUT2D eigenvalue weighted by atomic mass is 19.1. The molecular formula is C12H12FN3O. The van der Waals surface area contributed by atoms with E-state index < -0.39 is 0 Å². The van der Waals surface area contributed by atoms with E-state index in [0.29, 0.717) is 23.9 Å². The minimum absolute atomic E-state index is 0.282. The van der Waals surface area contributed by atoms with Crippen molar-refractivity contribution in [3.05, 3.63) is 48.2 Å². The smallest absolute Gasteiger partial charge is 0.144 e. The molecule has 0 atom stereocenters. The maximum absolute atomic E-state index is 12.6. The molecule has 4 nitrogen and oxygen atoms in total. The summed E-state index contributed by atoms with van der Waals surface area (Å²) in [6.45, 7) is 0.308. The Morgan fingerprint density at radius 3 is 2.53 bits per heavy atom. The topological polar surface area (TPSA) is 47.0 Å². The van der Waals surface area contributed by atoms with E-state index in [1.54, 1.807) is 31.6 Å². The Balaban J connectivity index is 1.95. The Kier molecular flexibility index (Phi) is 3.49. The minimum Gasteiger partial charge on any atom is -0.487 e. The first kappa shape index (κ1) is 11.3. The zero-order valence-electron chi connectivity index (χ0n) is 9.35. The lowest BCUT2D eigenvalue weighted by molar-refractivity contribution is 0.300. The SMILES string of the molecule is CNc1cnc(COc2ccc(F)cc2)cn1. The third-order valence-corrected chi connectivity index (χ3v) is 2.16. The Labute approximate surface area is 98.5 Å². The Morgan fingerprint density at radius 2 is 1.94 bits per heavy atom. The summed E-state index contributed by atoms with van der Waals surface area (Å²) in [6, 6.07) is 5.85. The molecule has 0 fully saturated rings. The summed E-state index contributed by atoms with van der Waals surface area (Å²) in [5.74, 6) is 1.02. The van der Waals surface area contributed by atoms with Gasteiger partial charge in [0.2, 0.25) is 0 Å². The van der Waals surface area contributed by atoms with Crippen molar-refractivity contribution in [3.63, 3.8) is 0 Å². The summed E-state index contributed by atoms with van der Waals surface area (Å²) in [6.07, 6.45) is 3.26. The van der Waals surface area contributed by atoms with Gasteiger partial charge in [0, 0.05) is 7.05 Å². The molecule has 0 saturated carbocycles. The first-order valence-corrected chi connectivity index (χ1v) is 5.15. The Hall–Kier alpha value is -2.17. The van der Waals surface area contributed by atoms with Crippen molar-refractivity contribution in [2.45, 2.75) is 6.61 Å². The van der Waals surface area contributed by atoms with E-state index in [2.05, 4.69) is 15.3 Å². The monoisotopic (exact) mass is 233 g/mol. The number of halogens is 1. The molecule has 0 unspecified atom stereocenters. The van der Waals surface area contributed by atoms with Crippen LogP contribution < -0.4 is 10.1 Å². The molecule has 0 bridgehead atoms. The van der Waals surface area contributed by atoms with Gasteiger partial charge < -0.3 is 10.1 Å². The first-order chi connectivity index (χ1) is 8.28. The predicted molar refractivity (Wildman–Crippen MR) is 62.3 cm³/mol. The molecule has 0 amide bonds. The van der Waals surface area contributed by atoms with Crippen LogP contribution in [0.2, 0.25) is 0 Å². The van der Waals surface area contributed by atoms with Crippen molar-refractivity contribution < 1.29 is 9.13 Å². The van der Waals surface area contributed by atoms with Crippen molar-refractivity contribution in [2.75, 3.05) is 12.4 Å². The number of anilines is 1. The van der Waals surface area contributed by atoms with E-state index >= 15 is 0 Å². The summed E-state index contributed by atoms with van der Waals surface area (Å²) < 4.78 is 18.1. The van der Waals surface area contributed by atoms with Gasteiger partial charge in [-0.3, -0.25) is 4.98 Å². The molecule has 0 aliphatic carbocycles. The van der Waals surface area contributed by atoms with E-state index in [-0.39, 0.29) is 5.82 Å². The zero-order chi connectivity index (χ0) is 12.1. The normalized spacial score (nSPS) is 10.0. The van der Waals surface area contributed by atoms with Gasteiger partial charge in [0.15, 0.2) is 0 Å². The lowest BCUT2D eigenvalue weighted by Gasteiger charge is -2.05. The molecule has 0 aliphatic heterocycles. The van der Waals surface area contributed by atoms with Gasteiger partial charge in [-0.1, -0.05) is 0 Å². The molecule has 0 spiro atoms. The Morgan fingerprint density at radius 1 is 1.18 bits per heavy atom. The molecule has 1 heterocycles. The molecular weight excluding hydrogens is 221 g/mol. The van der Waals surface area contributed by atoms with Gasteiger partial charge in [-0.15, -0.1) is 0 Å². The summed E-state index contributed by atoms with van der Waals surface area (Å²) in [5, 5.41) is 2.88. The predicted octanol–water partition coefficient (Wildman–Crippen LogP) is 2.24. The van der Waals surface area contributed by atoms with Gasteiger partial charge >= 0.3 is 0 Å². The number of hydrogen-bond acceptors (Lipinski definition) is 4. The molecule has 0 saturated heterocycles. The van der Waals surface area contributed by atoms with Crippen LogP contribution >= 0.6 is 0 Å². The highest BCUT2D eigenvalue weighted by molar-refractivity contribution is 5.29. The van der Waals surface area contributed by atoms with E-state index in [4.69, 9.17) is 4.74 Å². The molecule has 2 aromatic rings. The summed E-state index contributed by atoms with van der Waals surface area (Å²) in [5.41, 5.74) is 0.716. The van der Waals surface area contributed by atoms with Crippen molar-refractivity contribution in [2.24, 2.45) is 0 Å². The fourth-order valence-electron chi connectivity index (χ4n) is 1.25. The third kappa shape index (κ3) is 3.14. The van der Waals surface area contributed by atoms with Gasteiger partial charge in [0.05, 0.1) is 18.1 Å². The minimum atomic E-state index is -0.282. The lowest BCUT2D eigenvalue weighted by Crippen LogP contribution is -2.01. The van der Waals surface area contributed by atoms with E-state index in [0.717, 1.165) is 0 Å². The molecule has 17 heavy (non-hydrogen) atoms. The second kappa shape index (κ2) is 5.25. The fourth-order valence-corrected chi connectivity index (χ4v) is 1.25. The molecule has 2 rings (SSSR count). The Bertz CT molecular complexity index is 470. The van der Waals surface area contributed by atoms with Crippen molar-refractivity contribution in [1.82, 2.24) is 9.97 Å².